The molecule has 7 heteroatoms. The number of nitrogens with zero attached hydrogens (tertiary/aromatic N) is 3. The van der Waals surface area contributed by atoms with Crippen molar-refractivity contribution < 1.29 is 9.53 Å². The SMILES string of the molecule is CCOc1ccccc1NC(=O)CCCn1nc(-c2cccnc2)ccc1=O. The highest BCUT2D eigenvalue weighted by atomic mass is 16.5. The average Bonchev–Trinajstić information content (AvgIpc) is 2.72. The lowest BCUT2D eigenvalue weighted by molar-refractivity contribution is -0.116. The van der Waals surface area contributed by atoms with Crippen molar-refractivity contribution >= 4 is 11.6 Å². The van der Waals surface area contributed by atoms with Crippen molar-refractivity contribution in [1.29, 1.82) is 0 Å². The molecule has 0 radical (unpaired) electrons. The lowest BCUT2D eigenvalue weighted by atomic mass is 10.2. The summed E-state index contributed by atoms with van der Waals surface area (Å²) in [5, 5.41) is 7.23. The van der Waals surface area contributed by atoms with Crippen molar-refractivity contribution in [3.63, 3.8) is 0 Å². The molecule has 1 N–H and O–H groups in total. The molecule has 1 amide bonds. The zero-order valence-electron chi connectivity index (χ0n) is 15.7. The Hall–Kier alpha value is -3.48. The second-order valence-electron chi connectivity index (χ2n) is 6.10. The Morgan fingerprint density at radius 1 is 1.14 bits per heavy atom. The van der Waals surface area contributed by atoms with E-state index in [1.54, 1.807) is 24.5 Å². The smallest absolute Gasteiger partial charge is 0.266 e. The fraction of sp³-hybridized carbons (Fsp3) is 0.238. The molecule has 0 spiro atoms. The third-order valence-electron chi connectivity index (χ3n) is 4.06. The first kappa shape index (κ1) is 19.3. The molecule has 3 rings (SSSR count). The highest BCUT2D eigenvalue weighted by Crippen LogP contribution is 2.23. The molecule has 0 unspecified atom stereocenters. The van der Waals surface area contributed by atoms with Crippen molar-refractivity contribution in [3.05, 3.63) is 71.3 Å². The zero-order valence-corrected chi connectivity index (χ0v) is 15.7. The second-order valence-corrected chi connectivity index (χ2v) is 6.10. The maximum atomic E-state index is 12.2. The molecule has 2 aromatic heterocycles. The van der Waals surface area contributed by atoms with E-state index in [0.717, 1.165) is 5.56 Å². The highest BCUT2D eigenvalue weighted by molar-refractivity contribution is 5.92. The summed E-state index contributed by atoms with van der Waals surface area (Å²) in [6, 6.07) is 14.2. The topological polar surface area (TPSA) is 86.1 Å². The molecule has 0 saturated heterocycles. The number of hydrogen-bond acceptors (Lipinski definition) is 5. The lowest BCUT2D eigenvalue weighted by Gasteiger charge is -2.11. The Balaban J connectivity index is 1.59. The number of carbonyl (C=O) groups is 1. The standard InChI is InChI=1S/C21H22N4O3/c1-2-28-19-9-4-3-8-18(19)23-20(26)10-6-14-25-21(27)12-11-17(24-25)16-7-5-13-22-15-16/h3-5,7-9,11-13,15H,2,6,10,14H2,1H3,(H,23,26). The fourth-order valence-electron chi connectivity index (χ4n) is 2.73. The molecule has 0 fully saturated rings. The number of ether oxygens (including phenoxy) is 1. The minimum atomic E-state index is -0.199. The maximum absolute atomic E-state index is 12.2. The van der Waals surface area contributed by atoms with Crippen LogP contribution < -0.4 is 15.6 Å². The van der Waals surface area contributed by atoms with E-state index in [4.69, 9.17) is 4.74 Å². The quantitative estimate of drug-likeness (QED) is 0.651. The van der Waals surface area contributed by atoms with E-state index in [2.05, 4.69) is 15.4 Å². The second kappa shape index (κ2) is 9.45. The van der Waals surface area contributed by atoms with Crippen molar-refractivity contribution in [2.24, 2.45) is 0 Å². The van der Waals surface area contributed by atoms with E-state index in [1.165, 1.54) is 10.7 Å². The van der Waals surface area contributed by atoms with Gasteiger partial charge in [0.05, 0.1) is 18.0 Å². The van der Waals surface area contributed by atoms with Crippen molar-refractivity contribution in [1.82, 2.24) is 14.8 Å². The minimum Gasteiger partial charge on any atom is -0.492 e. The number of nitrogens with one attached hydrogen (secondary N) is 1. The predicted octanol–water partition coefficient (Wildman–Crippen LogP) is 3.12. The molecular weight excluding hydrogens is 356 g/mol. The molecule has 0 aliphatic carbocycles. The van der Waals surface area contributed by atoms with Gasteiger partial charge in [-0.2, -0.15) is 5.10 Å². The van der Waals surface area contributed by atoms with Gasteiger partial charge in [0, 0.05) is 37.0 Å². The van der Waals surface area contributed by atoms with Crippen molar-refractivity contribution in [3.8, 4) is 17.0 Å². The normalized spacial score (nSPS) is 10.5. The summed E-state index contributed by atoms with van der Waals surface area (Å²) >= 11 is 0. The number of carbonyl (C=O) groups excluding carboxylic acids is 1. The summed E-state index contributed by atoms with van der Waals surface area (Å²) in [6.45, 7) is 2.77. The van der Waals surface area contributed by atoms with Crippen LogP contribution in [-0.4, -0.2) is 27.3 Å². The van der Waals surface area contributed by atoms with E-state index in [1.807, 2.05) is 37.3 Å². The predicted molar refractivity (Wildman–Crippen MR) is 107 cm³/mol. The summed E-state index contributed by atoms with van der Waals surface area (Å²) in [6.07, 6.45) is 4.14. The number of para-hydroxylation sites is 2. The van der Waals surface area contributed by atoms with Crippen LogP contribution in [0.3, 0.4) is 0 Å². The van der Waals surface area contributed by atoms with Gasteiger partial charge in [-0.3, -0.25) is 14.6 Å². The summed E-state index contributed by atoms with van der Waals surface area (Å²) in [4.78, 5) is 28.4. The Morgan fingerprint density at radius 2 is 2.00 bits per heavy atom. The monoisotopic (exact) mass is 378 g/mol. The molecule has 7 nitrogen and oxygen atoms in total. The average molecular weight is 378 g/mol. The van der Waals surface area contributed by atoms with E-state index in [0.29, 0.717) is 36.7 Å². The molecule has 0 aliphatic heterocycles. The van der Waals surface area contributed by atoms with Gasteiger partial charge in [-0.05, 0) is 43.7 Å². The van der Waals surface area contributed by atoms with E-state index >= 15 is 0 Å². The van der Waals surface area contributed by atoms with Crippen LogP contribution in [0.1, 0.15) is 19.8 Å². The van der Waals surface area contributed by atoms with Crippen LogP contribution in [0, 0.1) is 0 Å². The van der Waals surface area contributed by atoms with Crippen LogP contribution in [0.5, 0.6) is 5.75 Å². The molecule has 0 saturated carbocycles. The van der Waals surface area contributed by atoms with Crippen LogP contribution in [0.2, 0.25) is 0 Å². The fourth-order valence-corrected chi connectivity index (χ4v) is 2.73. The minimum absolute atomic E-state index is 0.136. The third-order valence-corrected chi connectivity index (χ3v) is 4.06. The number of anilines is 1. The van der Waals surface area contributed by atoms with Crippen LogP contribution in [0.15, 0.2) is 65.7 Å². The van der Waals surface area contributed by atoms with Gasteiger partial charge < -0.3 is 10.1 Å². The van der Waals surface area contributed by atoms with Crippen molar-refractivity contribution in [2.45, 2.75) is 26.3 Å². The van der Waals surface area contributed by atoms with E-state index < -0.39 is 0 Å². The summed E-state index contributed by atoms with van der Waals surface area (Å²) in [7, 11) is 0. The molecule has 0 bridgehead atoms. The van der Waals surface area contributed by atoms with Crippen LogP contribution in [0.4, 0.5) is 5.69 Å². The first-order chi connectivity index (χ1) is 13.7. The van der Waals surface area contributed by atoms with Crippen molar-refractivity contribution in [2.75, 3.05) is 11.9 Å². The third kappa shape index (κ3) is 5.03. The van der Waals surface area contributed by atoms with Gasteiger partial charge in [0.2, 0.25) is 5.91 Å². The molecule has 0 atom stereocenters. The van der Waals surface area contributed by atoms with Crippen LogP contribution in [-0.2, 0) is 11.3 Å². The number of hydrogen-bond donors (Lipinski definition) is 1. The van der Waals surface area contributed by atoms with E-state index in [-0.39, 0.29) is 17.9 Å². The molecule has 3 aromatic rings. The Labute approximate surface area is 163 Å². The lowest BCUT2D eigenvalue weighted by Crippen LogP contribution is -2.23. The Bertz CT molecular complexity index is 986. The summed E-state index contributed by atoms with van der Waals surface area (Å²) in [5.41, 5.74) is 1.95. The molecular formula is C21H22N4O3. The molecule has 28 heavy (non-hydrogen) atoms. The first-order valence-corrected chi connectivity index (χ1v) is 9.17. The first-order valence-electron chi connectivity index (χ1n) is 9.17. The van der Waals surface area contributed by atoms with E-state index in [9.17, 15) is 9.59 Å². The number of pyridine rings is 1. The molecule has 144 valence electrons. The van der Waals surface area contributed by atoms with Gasteiger partial charge in [-0.15, -0.1) is 0 Å². The maximum Gasteiger partial charge on any atom is 0.266 e. The number of benzene rings is 1. The Kier molecular flexibility index (Phi) is 6.51. The van der Waals surface area contributed by atoms with Gasteiger partial charge in [0.1, 0.15) is 5.75 Å². The summed E-state index contributed by atoms with van der Waals surface area (Å²) in [5.74, 6) is 0.504. The number of amides is 1. The number of rotatable bonds is 8. The number of aryl methyl sites for hydroxylation is 1. The molecule has 1 aromatic carbocycles. The largest absolute Gasteiger partial charge is 0.492 e. The molecule has 0 aliphatic rings. The number of aromatic nitrogens is 3. The van der Waals surface area contributed by atoms with Gasteiger partial charge in [0.15, 0.2) is 0 Å². The zero-order chi connectivity index (χ0) is 19.8. The van der Waals surface area contributed by atoms with Gasteiger partial charge >= 0.3 is 0 Å². The van der Waals surface area contributed by atoms with Crippen LogP contribution >= 0.6 is 0 Å². The Morgan fingerprint density at radius 3 is 2.79 bits per heavy atom. The van der Waals surface area contributed by atoms with Gasteiger partial charge in [0.25, 0.3) is 5.56 Å². The van der Waals surface area contributed by atoms with Gasteiger partial charge in [-0.1, -0.05) is 12.1 Å². The summed E-state index contributed by atoms with van der Waals surface area (Å²) < 4.78 is 6.89. The highest BCUT2D eigenvalue weighted by Gasteiger charge is 2.08. The molecule has 2 heterocycles. The van der Waals surface area contributed by atoms with Crippen LogP contribution in [0.25, 0.3) is 11.3 Å². The van der Waals surface area contributed by atoms with Gasteiger partial charge in [-0.25, -0.2) is 4.68 Å².